The van der Waals surface area contributed by atoms with Crippen molar-refractivity contribution in [3.63, 3.8) is 0 Å². The molecule has 0 atom stereocenters. The second-order valence-electron chi connectivity index (χ2n) is 7.44. The number of aryl methyl sites for hydroxylation is 1. The van der Waals surface area contributed by atoms with Crippen molar-refractivity contribution in [3.8, 4) is 0 Å². The maximum absolute atomic E-state index is 12.1. The fraction of sp³-hybridized carbons (Fsp3) is 0.417. The van der Waals surface area contributed by atoms with Crippen LogP contribution < -0.4 is 15.5 Å². The van der Waals surface area contributed by atoms with E-state index in [0.717, 1.165) is 49.7 Å². The molecule has 0 saturated carbocycles. The van der Waals surface area contributed by atoms with Crippen LogP contribution in [0, 0.1) is 6.92 Å². The zero-order valence-electron chi connectivity index (χ0n) is 18.9. The number of likely N-dealkylation sites (N-methyl/N-ethyl adjacent to an activating group) is 1. The number of hydrogen-bond acceptors (Lipinski definition) is 3. The SMILES string of the molecule is CCN(CCNC(=NC)NCCc1cccc(C(=O)N(C)C)c1)c1ccccc1C. The third-order valence-corrected chi connectivity index (χ3v) is 5.02. The van der Waals surface area contributed by atoms with Gasteiger partial charge < -0.3 is 20.4 Å². The van der Waals surface area contributed by atoms with Crippen molar-refractivity contribution in [2.45, 2.75) is 20.3 Å². The zero-order valence-corrected chi connectivity index (χ0v) is 18.9. The van der Waals surface area contributed by atoms with E-state index in [0.29, 0.717) is 0 Å². The molecule has 0 fully saturated rings. The number of benzene rings is 2. The van der Waals surface area contributed by atoms with Crippen molar-refractivity contribution in [1.29, 1.82) is 0 Å². The summed E-state index contributed by atoms with van der Waals surface area (Å²) in [5.41, 5.74) is 4.41. The normalized spacial score (nSPS) is 11.2. The van der Waals surface area contributed by atoms with Gasteiger partial charge in [-0.15, -0.1) is 0 Å². The van der Waals surface area contributed by atoms with Crippen LogP contribution in [0.2, 0.25) is 0 Å². The monoisotopic (exact) mass is 409 g/mol. The Hall–Kier alpha value is -3.02. The molecule has 2 aromatic carbocycles. The van der Waals surface area contributed by atoms with Crippen LogP contribution in [-0.4, -0.2) is 64.1 Å². The molecule has 2 rings (SSSR count). The first-order chi connectivity index (χ1) is 14.5. The highest BCUT2D eigenvalue weighted by atomic mass is 16.2. The highest BCUT2D eigenvalue weighted by molar-refractivity contribution is 5.94. The Labute approximate surface area is 181 Å². The maximum atomic E-state index is 12.1. The largest absolute Gasteiger partial charge is 0.370 e. The molecular weight excluding hydrogens is 374 g/mol. The lowest BCUT2D eigenvalue weighted by atomic mass is 10.1. The molecule has 0 aliphatic heterocycles. The molecule has 0 aliphatic rings. The van der Waals surface area contributed by atoms with Gasteiger partial charge in [0, 0.05) is 58.6 Å². The molecule has 2 N–H and O–H groups in total. The number of nitrogens with zero attached hydrogens (tertiary/aromatic N) is 3. The molecule has 0 spiro atoms. The first-order valence-electron chi connectivity index (χ1n) is 10.5. The second-order valence-corrected chi connectivity index (χ2v) is 7.44. The number of anilines is 1. The lowest BCUT2D eigenvalue weighted by molar-refractivity contribution is 0.0827. The van der Waals surface area contributed by atoms with Crippen LogP contribution in [0.25, 0.3) is 0 Å². The van der Waals surface area contributed by atoms with Gasteiger partial charge in [0.1, 0.15) is 0 Å². The second kappa shape index (κ2) is 11.9. The number of hydrogen-bond donors (Lipinski definition) is 2. The molecule has 0 radical (unpaired) electrons. The molecule has 0 unspecified atom stereocenters. The summed E-state index contributed by atoms with van der Waals surface area (Å²) in [5, 5.41) is 6.75. The Balaban J connectivity index is 1.81. The van der Waals surface area contributed by atoms with Crippen LogP contribution in [0.15, 0.2) is 53.5 Å². The van der Waals surface area contributed by atoms with Crippen LogP contribution >= 0.6 is 0 Å². The Morgan fingerprint density at radius 1 is 1.03 bits per heavy atom. The molecular formula is C24H35N5O. The van der Waals surface area contributed by atoms with Crippen LogP contribution in [0.3, 0.4) is 0 Å². The summed E-state index contributed by atoms with van der Waals surface area (Å²) in [5.74, 6) is 0.813. The van der Waals surface area contributed by atoms with E-state index >= 15 is 0 Å². The number of rotatable bonds is 9. The summed E-state index contributed by atoms with van der Waals surface area (Å²) >= 11 is 0. The minimum atomic E-state index is 0.0245. The quantitative estimate of drug-likeness (QED) is 0.494. The summed E-state index contributed by atoms with van der Waals surface area (Å²) in [6.07, 6.45) is 0.819. The Kier molecular flexibility index (Phi) is 9.19. The topological polar surface area (TPSA) is 60.0 Å². The minimum Gasteiger partial charge on any atom is -0.370 e. The molecule has 1 amide bonds. The van der Waals surface area contributed by atoms with E-state index in [1.165, 1.54) is 11.3 Å². The number of nitrogens with one attached hydrogen (secondary N) is 2. The van der Waals surface area contributed by atoms with Crippen molar-refractivity contribution in [1.82, 2.24) is 15.5 Å². The highest BCUT2D eigenvalue weighted by Crippen LogP contribution is 2.18. The van der Waals surface area contributed by atoms with Gasteiger partial charge in [-0.25, -0.2) is 0 Å². The van der Waals surface area contributed by atoms with Crippen LogP contribution in [-0.2, 0) is 6.42 Å². The predicted octanol–water partition coefficient (Wildman–Crippen LogP) is 2.93. The number of carbonyl (C=O) groups excluding carboxylic acids is 1. The van der Waals surface area contributed by atoms with Crippen molar-refractivity contribution >= 4 is 17.6 Å². The first-order valence-corrected chi connectivity index (χ1v) is 10.5. The van der Waals surface area contributed by atoms with Gasteiger partial charge in [-0.05, 0) is 49.6 Å². The van der Waals surface area contributed by atoms with E-state index in [1.807, 2.05) is 24.3 Å². The van der Waals surface area contributed by atoms with Crippen molar-refractivity contribution < 1.29 is 4.79 Å². The minimum absolute atomic E-state index is 0.0245. The Morgan fingerprint density at radius 3 is 2.43 bits per heavy atom. The average molecular weight is 410 g/mol. The van der Waals surface area contributed by atoms with Crippen molar-refractivity contribution in [3.05, 3.63) is 65.2 Å². The molecule has 30 heavy (non-hydrogen) atoms. The van der Waals surface area contributed by atoms with Crippen molar-refractivity contribution in [2.75, 3.05) is 52.2 Å². The Bertz CT molecular complexity index is 847. The van der Waals surface area contributed by atoms with Gasteiger partial charge in [-0.2, -0.15) is 0 Å². The van der Waals surface area contributed by atoms with E-state index in [9.17, 15) is 4.79 Å². The van der Waals surface area contributed by atoms with Gasteiger partial charge in [-0.3, -0.25) is 9.79 Å². The standard InChI is InChI=1S/C24H35N5O/c1-6-29(22-13-8-7-10-19(22)2)17-16-27-24(25-3)26-15-14-20-11-9-12-21(18-20)23(30)28(4)5/h7-13,18H,6,14-17H2,1-5H3,(H2,25,26,27). The summed E-state index contributed by atoms with van der Waals surface area (Å²) in [6, 6.07) is 16.3. The molecule has 0 saturated heterocycles. The van der Waals surface area contributed by atoms with E-state index in [1.54, 1.807) is 26.0 Å². The van der Waals surface area contributed by atoms with Gasteiger partial charge in [0.15, 0.2) is 5.96 Å². The predicted molar refractivity (Wildman–Crippen MR) is 127 cm³/mol. The van der Waals surface area contributed by atoms with E-state index in [2.05, 4.69) is 58.6 Å². The molecule has 0 aromatic heterocycles. The summed E-state index contributed by atoms with van der Waals surface area (Å²) in [4.78, 5) is 20.4. The fourth-order valence-electron chi connectivity index (χ4n) is 3.34. The maximum Gasteiger partial charge on any atom is 0.253 e. The molecule has 0 aliphatic carbocycles. The number of carbonyl (C=O) groups is 1. The third-order valence-electron chi connectivity index (χ3n) is 5.02. The highest BCUT2D eigenvalue weighted by Gasteiger charge is 2.09. The molecule has 6 nitrogen and oxygen atoms in total. The number of amides is 1. The smallest absolute Gasteiger partial charge is 0.253 e. The lowest BCUT2D eigenvalue weighted by Crippen LogP contribution is -2.42. The van der Waals surface area contributed by atoms with Gasteiger partial charge in [0.25, 0.3) is 5.91 Å². The number of para-hydroxylation sites is 1. The molecule has 6 heteroatoms. The van der Waals surface area contributed by atoms with Crippen LogP contribution in [0.4, 0.5) is 5.69 Å². The third kappa shape index (κ3) is 6.79. The van der Waals surface area contributed by atoms with Crippen molar-refractivity contribution in [2.24, 2.45) is 4.99 Å². The zero-order chi connectivity index (χ0) is 21.9. The Morgan fingerprint density at radius 2 is 1.77 bits per heavy atom. The summed E-state index contributed by atoms with van der Waals surface area (Å²) < 4.78 is 0. The summed E-state index contributed by atoms with van der Waals surface area (Å²) in [6.45, 7) is 7.72. The van der Waals surface area contributed by atoms with Crippen LogP contribution in [0.5, 0.6) is 0 Å². The van der Waals surface area contributed by atoms with Gasteiger partial charge >= 0.3 is 0 Å². The van der Waals surface area contributed by atoms with Gasteiger partial charge in [0.05, 0.1) is 0 Å². The van der Waals surface area contributed by atoms with Gasteiger partial charge in [0.2, 0.25) is 0 Å². The lowest BCUT2D eigenvalue weighted by Gasteiger charge is -2.25. The average Bonchev–Trinajstić information content (AvgIpc) is 2.75. The van der Waals surface area contributed by atoms with E-state index in [-0.39, 0.29) is 5.91 Å². The van der Waals surface area contributed by atoms with E-state index in [4.69, 9.17) is 0 Å². The fourth-order valence-corrected chi connectivity index (χ4v) is 3.34. The van der Waals surface area contributed by atoms with Crippen LogP contribution in [0.1, 0.15) is 28.4 Å². The van der Waals surface area contributed by atoms with Gasteiger partial charge in [-0.1, -0.05) is 30.3 Å². The first kappa shape index (κ1) is 23.3. The molecule has 162 valence electrons. The molecule has 2 aromatic rings. The van der Waals surface area contributed by atoms with E-state index < -0.39 is 0 Å². The number of guanidine groups is 1. The molecule has 0 heterocycles. The summed E-state index contributed by atoms with van der Waals surface area (Å²) in [7, 11) is 5.32. The molecule has 0 bridgehead atoms. The number of aliphatic imine (C=N–C) groups is 1.